The average Bonchev–Trinajstić information content (AvgIpc) is 2.67. The van der Waals surface area contributed by atoms with Gasteiger partial charge in [0, 0.05) is 22.1 Å². The van der Waals surface area contributed by atoms with Gasteiger partial charge < -0.3 is 10.1 Å². The molecule has 5 nitrogen and oxygen atoms in total. The van der Waals surface area contributed by atoms with Crippen molar-refractivity contribution in [2.75, 3.05) is 11.1 Å². The van der Waals surface area contributed by atoms with E-state index in [2.05, 4.69) is 5.32 Å². The molecule has 0 spiro atoms. The van der Waals surface area contributed by atoms with E-state index in [0.717, 1.165) is 4.90 Å². The van der Waals surface area contributed by atoms with Crippen LogP contribution < -0.4 is 5.32 Å². The number of ether oxygens (including phenoxy) is 1. The lowest BCUT2D eigenvalue weighted by Crippen LogP contribution is -2.25. The number of ketones is 1. The van der Waals surface area contributed by atoms with Crippen molar-refractivity contribution < 1.29 is 19.1 Å². The fourth-order valence-electron chi connectivity index (χ4n) is 2.18. The summed E-state index contributed by atoms with van der Waals surface area (Å²) in [6, 6.07) is 16.1. The lowest BCUT2D eigenvalue weighted by atomic mass is 10.1. The minimum atomic E-state index is -0.870. The fraction of sp³-hybridized carbons (Fsp3) is 0.286. The van der Waals surface area contributed by atoms with Gasteiger partial charge in [-0.05, 0) is 43.3 Å². The Kier molecular flexibility index (Phi) is 7.61. The van der Waals surface area contributed by atoms with Crippen molar-refractivity contribution in [3.8, 4) is 0 Å². The fourth-order valence-corrected chi connectivity index (χ4v) is 2.88. The van der Waals surface area contributed by atoms with Crippen molar-refractivity contribution in [2.24, 2.45) is 5.92 Å². The largest absolute Gasteiger partial charge is 0.454 e. The first-order valence-electron chi connectivity index (χ1n) is 8.69. The first-order valence-corrected chi connectivity index (χ1v) is 9.68. The van der Waals surface area contributed by atoms with Crippen LogP contribution in [0.15, 0.2) is 59.5 Å². The average molecular weight is 385 g/mol. The Bertz CT molecular complexity index is 788. The molecule has 0 aliphatic rings. The van der Waals surface area contributed by atoms with Crippen LogP contribution in [0.4, 0.5) is 5.69 Å². The van der Waals surface area contributed by atoms with Crippen LogP contribution in [-0.4, -0.2) is 29.5 Å². The summed E-state index contributed by atoms with van der Waals surface area (Å²) in [7, 11) is 0. The predicted molar refractivity (Wildman–Crippen MR) is 107 cm³/mol. The third-order valence-corrected chi connectivity index (χ3v) is 4.72. The van der Waals surface area contributed by atoms with Crippen molar-refractivity contribution in [1.82, 2.24) is 0 Å². The van der Waals surface area contributed by atoms with E-state index < -0.39 is 12.1 Å². The van der Waals surface area contributed by atoms with Gasteiger partial charge >= 0.3 is 5.97 Å². The van der Waals surface area contributed by atoms with Gasteiger partial charge in [0.1, 0.15) is 0 Å². The molecule has 2 rings (SSSR count). The van der Waals surface area contributed by atoms with Crippen LogP contribution in [0.25, 0.3) is 0 Å². The second kappa shape index (κ2) is 9.92. The first kappa shape index (κ1) is 20.7. The molecular weight excluding hydrogens is 362 g/mol. The number of carbonyl (C=O) groups is 3. The van der Waals surface area contributed by atoms with Gasteiger partial charge in [0.05, 0.1) is 5.75 Å². The Labute approximate surface area is 163 Å². The minimum absolute atomic E-state index is 0.0905. The van der Waals surface area contributed by atoms with Crippen LogP contribution in [0.5, 0.6) is 0 Å². The molecule has 1 amide bonds. The molecule has 0 radical (unpaired) electrons. The number of hydrogen-bond donors (Lipinski definition) is 1. The molecule has 6 heteroatoms. The van der Waals surface area contributed by atoms with Gasteiger partial charge in [-0.25, -0.2) is 0 Å². The number of thioether (sulfide) groups is 1. The Morgan fingerprint density at radius 3 is 2.19 bits per heavy atom. The molecule has 0 aliphatic carbocycles. The molecular formula is C21H23NO4S. The summed E-state index contributed by atoms with van der Waals surface area (Å²) < 4.78 is 5.24. The zero-order valence-electron chi connectivity index (χ0n) is 15.6. The lowest BCUT2D eigenvalue weighted by Gasteiger charge is -2.13. The number of benzene rings is 2. The summed E-state index contributed by atoms with van der Waals surface area (Å²) in [5, 5.41) is 2.76. The number of Topliss-reactive ketones (excluding diaryl/α,β-unsaturated/α-hetero) is 1. The van der Waals surface area contributed by atoms with E-state index in [1.807, 2.05) is 30.3 Å². The number of nitrogens with one attached hydrogen (secondary N) is 1. The number of hydrogen-bond acceptors (Lipinski definition) is 5. The molecule has 1 N–H and O–H groups in total. The van der Waals surface area contributed by atoms with Gasteiger partial charge in [-0.3, -0.25) is 14.4 Å². The maximum atomic E-state index is 12.4. The van der Waals surface area contributed by atoms with E-state index in [0.29, 0.717) is 11.3 Å². The smallest absolute Gasteiger partial charge is 0.316 e. The van der Waals surface area contributed by atoms with Crippen LogP contribution in [-0.2, 0) is 14.3 Å². The van der Waals surface area contributed by atoms with E-state index in [9.17, 15) is 14.4 Å². The molecule has 2 aromatic rings. The zero-order valence-corrected chi connectivity index (χ0v) is 16.4. The molecule has 2 aromatic carbocycles. The summed E-state index contributed by atoms with van der Waals surface area (Å²) >= 11 is 1.36. The number of carbonyl (C=O) groups excluding carboxylic acids is 3. The first-order chi connectivity index (χ1) is 12.9. The van der Waals surface area contributed by atoms with Crippen LogP contribution >= 0.6 is 11.8 Å². The molecule has 0 unspecified atom stereocenters. The van der Waals surface area contributed by atoms with Crippen molar-refractivity contribution >= 4 is 35.1 Å². The summed E-state index contributed by atoms with van der Waals surface area (Å²) in [5.41, 5.74) is 1.04. The minimum Gasteiger partial charge on any atom is -0.454 e. The standard InChI is InChI=1S/C21H23NO4S/c1-14(2)21(25)22-17-11-9-16(10-12-17)20(24)15(3)26-19(23)13-27-18-7-5-4-6-8-18/h4-12,14-15H,13H2,1-3H3,(H,22,25)/t15-/m1/s1. The highest BCUT2D eigenvalue weighted by Crippen LogP contribution is 2.18. The van der Waals surface area contributed by atoms with Gasteiger partial charge in [-0.2, -0.15) is 0 Å². The summed E-state index contributed by atoms with van der Waals surface area (Å²) in [6.07, 6.45) is -0.870. The molecule has 1 atom stereocenters. The van der Waals surface area contributed by atoms with Crippen LogP contribution in [0.2, 0.25) is 0 Å². The van der Waals surface area contributed by atoms with E-state index in [-0.39, 0.29) is 23.4 Å². The Morgan fingerprint density at radius 2 is 1.59 bits per heavy atom. The van der Waals surface area contributed by atoms with Crippen molar-refractivity contribution in [1.29, 1.82) is 0 Å². The summed E-state index contributed by atoms with van der Waals surface area (Å²) in [6.45, 7) is 5.17. The summed E-state index contributed by atoms with van der Waals surface area (Å²) in [4.78, 5) is 37.0. The lowest BCUT2D eigenvalue weighted by molar-refractivity contribution is -0.143. The number of amides is 1. The molecule has 0 heterocycles. The highest BCUT2D eigenvalue weighted by atomic mass is 32.2. The van der Waals surface area contributed by atoms with Crippen molar-refractivity contribution in [3.05, 3.63) is 60.2 Å². The molecule has 142 valence electrons. The third kappa shape index (κ3) is 6.57. The SMILES string of the molecule is CC(C)C(=O)Nc1ccc(C(=O)[C@@H](C)OC(=O)CSc2ccccc2)cc1. The van der Waals surface area contributed by atoms with Crippen LogP contribution in [0.1, 0.15) is 31.1 Å². The Balaban J connectivity index is 1.86. The van der Waals surface area contributed by atoms with Gasteiger partial charge in [-0.1, -0.05) is 32.0 Å². The second-order valence-electron chi connectivity index (χ2n) is 6.32. The van der Waals surface area contributed by atoms with E-state index in [1.54, 1.807) is 45.0 Å². The Hall–Kier alpha value is -2.60. The van der Waals surface area contributed by atoms with Crippen molar-refractivity contribution in [3.63, 3.8) is 0 Å². The van der Waals surface area contributed by atoms with Crippen molar-refractivity contribution in [2.45, 2.75) is 31.8 Å². The molecule has 0 bridgehead atoms. The monoisotopic (exact) mass is 385 g/mol. The van der Waals surface area contributed by atoms with E-state index >= 15 is 0 Å². The van der Waals surface area contributed by atoms with E-state index in [1.165, 1.54) is 11.8 Å². The predicted octanol–water partition coefficient (Wildman–Crippen LogP) is 4.19. The quantitative estimate of drug-likeness (QED) is 0.419. The summed E-state index contributed by atoms with van der Waals surface area (Å²) in [5.74, 6) is -0.797. The topological polar surface area (TPSA) is 72.5 Å². The zero-order chi connectivity index (χ0) is 19.8. The van der Waals surface area contributed by atoms with Crippen LogP contribution in [0, 0.1) is 5.92 Å². The second-order valence-corrected chi connectivity index (χ2v) is 7.37. The van der Waals surface area contributed by atoms with Crippen LogP contribution in [0.3, 0.4) is 0 Å². The highest BCUT2D eigenvalue weighted by Gasteiger charge is 2.19. The maximum absolute atomic E-state index is 12.4. The highest BCUT2D eigenvalue weighted by molar-refractivity contribution is 8.00. The molecule has 0 aromatic heterocycles. The van der Waals surface area contributed by atoms with Gasteiger partial charge in [0.2, 0.25) is 11.7 Å². The Morgan fingerprint density at radius 1 is 0.963 bits per heavy atom. The third-order valence-electron chi connectivity index (χ3n) is 3.74. The number of esters is 1. The van der Waals surface area contributed by atoms with Gasteiger partial charge in [-0.15, -0.1) is 11.8 Å². The molecule has 0 saturated carbocycles. The van der Waals surface area contributed by atoms with Gasteiger partial charge in [0.25, 0.3) is 0 Å². The van der Waals surface area contributed by atoms with E-state index in [4.69, 9.17) is 4.74 Å². The molecule has 0 saturated heterocycles. The normalized spacial score (nSPS) is 11.7. The molecule has 27 heavy (non-hydrogen) atoms. The molecule has 0 fully saturated rings. The number of anilines is 1. The maximum Gasteiger partial charge on any atom is 0.316 e. The number of rotatable bonds is 8. The molecule has 0 aliphatic heterocycles. The van der Waals surface area contributed by atoms with Gasteiger partial charge in [0.15, 0.2) is 6.10 Å².